The van der Waals surface area contributed by atoms with Crippen molar-refractivity contribution >= 4 is 119 Å². The predicted molar refractivity (Wildman–Crippen MR) is 473 cm³/mol. The van der Waals surface area contributed by atoms with E-state index in [1.54, 1.807) is 7.05 Å². The van der Waals surface area contributed by atoms with Gasteiger partial charge in [-0.05, 0) is 83.5 Å². The van der Waals surface area contributed by atoms with Gasteiger partial charge in [0.25, 0.3) is 0 Å². The molecular weight excluding hydrogens is 1830 g/mol. The van der Waals surface area contributed by atoms with E-state index in [1.165, 1.54) is 25.7 Å². The lowest BCUT2D eigenvalue weighted by atomic mass is 9.82. The van der Waals surface area contributed by atoms with Gasteiger partial charge in [0, 0.05) is 207 Å². The first-order chi connectivity index (χ1) is 65.5. The summed E-state index contributed by atoms with van der Waals surface area (Å²) in [6, 6.07) is -3.54. The average molecular weight is 1980 g/mol. The van der Waals surface area contributed by atoms with E-state index in [-0.39, 0.29) is 167 Å². The summed E-state index contributed by atoms with van der Waals surface area (Å²) in [6.45, 7) is 13.0. The van der Waals surface area contributed by atoms with Gasteiger partial charge in [0.05, 0.1) is 32.0 Å². The molecule has 4 rings (SSSR count). The van der Waals surface area contributed by atoms with Crippen molar-refractivity contribution in [3.8, 4) is 0 Å². The Kier molecular flexibility index (Phi) is 56.9. The minimum absolute atomic E-state index is 0.0227. The van der Waals surface area contributed by atoms with Gasteiger partial charge in [-0.2, -0.15) is 0 Å². The molecule has 0 spiro atoms. The third-order valence-electron chi connectivity index (χ3n) is 21.3. The van der Waals surface area contributed by atoms with Crippen LogP contribution in [0.25, 0.3) is 0 Å². The number of carboxylic acids is 1. The summed E-state index contributed by atoms with van der Waals surface area (Å²) in [5.41, 5.74) is 0. The molecule has 0 radical (unpaired) electrons. The van der Waals surface area contributed by atoms with E-state index in [0.717, 1.165) is 62.3 Å². The summed E-state index contributed by atoms with van der Waals surface area (Å²) in [7, 11) is 1.61. The normalized spacial score (nSPS) is 23.7. The Hall–Kier alpha value is -11.0. The zero-order valence-electron chi connectivity index (χ0n) is 81.0. The monoisotopic (exact) mass is 1970 g/mol. The van der Waals surface area contributed by atoms with Gasteiger partial charge in [-0.3, -0.25) is 95.9 Å². The van der Waals surface area contributed by atoms with Crippen molar-refractivity contribution in [1.29, 1.82) is 0 Å². The molecule has 1 aliphatic carbocycles. The van der Waals surface area contributed by atoms with Crippen LogP contribution in [0.2, 0.25) is 0 Å². The number of esters is 9. The zero-order chi connectivity index (χ0) is 102. The molecule has 3 aliphatic heterocycles. The van der Waals surface area contributed by atoms with Crippen LogP contribution in [0.5, 0.6) is 0 Å². The fourth-order valence-electron chi connectivity index (χ4n) is 15.2. The van der Waals surface area contributed by atoms with Gasteiger partial charge in [0.1, 0.15) is 62.4 Å². The standard InChI is InChI=1S/C89H142N10O39/c1-51(100)96-76-83(133-60(10)109)80(130-57(7)106)66(48-127-54(4)103)136-87(76)124-40-20-16-26-69(112)90-33-23-36-93-72(115)30-43-121-64-46-63(86(120)99(13)39-19-14-15-29-75(118)119)47-65(122-44-31-73(116)94-37-24-34-91-70(113)27-17-21-41-125-88-77(97-52(2)101)84(134-61(11)110)81(131-58(8)107)67(137-88)49-128-55(5)104)79(64)123-45-32-74(117)95-38-25-35-92-71(114)28-18-22-42-126-89-78(98-53(3)102)85(135-62(12)111)82(132-59(9)108)68(138-89)50-129-56(6)105/h63-68,76-85,87-89H,14-50H2,1-13H3,(H,90,112)(H,91,113)(H,92,114)(H,93,115)(H,94,116)(H,95,117)(H,96,100)(H,97,101)(H,98,102)(H,118,119)/t63?,64-,65-,66-,67-,68-,76-,77-,78-,79?,80+,81+,82+,83-,84-,85-,87-,88-,89-/m1/s1. The van der Waals surface area contributed by atoms with Crippen molar-refractivity contribution in [2.24, 2.45) is 5.92 Å². The van der Waals surface area contributed by atoms with Crippen molar-refractivity contribution in [1.82, 2.24) is 52.8 Å². The highest BCUT2D eigenvalue weighted by atomic mass is 16.7. The molecule has 1 saturated carbocycles. The van der Waals surface area contributed by atoms with E-state index in [1.807, 2.05) is 0 Å². The van der Waals surface area contributed by atoms with Crippen LogP contribution in [0.3, 0.4) is 0 Å². The van der Waals surface area contributed by atoms with Crippen LogP contribution in [0.15, 0.2) is 0 Å². The Morgan fingerprint density at radius 3 is 0.826 bits per heavy atom. The second-order valence-corrected chi connectivity index (χ2v) is 33.3. The number of rotatable bonds is 64. The SMILES string of the molecule is CC(=O)N[C@H]1[C@H](OCCCCC(=O)NCCCNC(=O)CCOC2[C@H](OCCC(=O)NCCCNC(=O)CCCCO[C@@H]3O[C@H](COC(C)=O)[C@H](OC(C)=O)[C@H](OC(C)=O)[C@H]3NC(C)=O)CC(C(=O)N(C)CCCCCC(=O)O)C[C@H]2OCCC(=O)NCCCNC(=O)CCCCO[C@@H]2O[C@H](COC(C)=O)[C@H](OC(C)=O)[C@H](OC(C)=O)[C@H]2NC(C)=O)O[C@H](COC(C)=O)[C@H](OC(C)=O)[C@@H]1OC(C)=O. The molecule has 782 valence electrons. The van der Waals surface area contributed by atoms with Gasteiger partial charge in [-0.1, -0.05) is 6.42 Å². The van der Waals surface area contributed by atoms with Gasteiger partial charge >= 0.3 is 59.7 Å². The van der Waals surface area contributed by atoms with E-state index in [0.29, 0.717) is 77.0 Å². The van der Waals surface area contributed by atoms with Gasteiger partial charge in [0.2, 0.25) is 59.1 Å². The number of nitrogens with one attached hydrogen (secondary N) is 9. The Balaban J connectivity index is 1.38. The van der Waals surface area contributed by atoms with Crippen LogP contribution >= 0.6 is 0 Å². The molecule has 0 unspecified atom stereocenters. The van der Waals surface area contributed by atoms with Crippen molar-refractivity contribution in [2.75, 3.05) is 112 Å². The van der Waals surface area contributed by atoms with E-state index in [2.05, 4.69) is 47.9 Å². The van der Waals surface area contributed by atoms with Crippen LogP contribution in [0.1, 0.15) is 218 Å². The van der Waals surface area contributed by atoms with Crippen molar-refractivity contribution in [2.45, 2.75) is 328 Å². The summed E-state index contributed by atoms with van der Waals surface area (Å²) in [4.78, 5) is 252. The third-order valence-corrected chi connectivity index (χ3v) is 21.3. The molecule has 0 aromatic rings. The summed E-state index contributed by atoms with van der Waals surface area (Å²) in [5.74, 6) is -12.6. The number of hydrogen-bond donors (Lipinski definition) is 10. The Morgan fingerprint density at radius 1 is 0.290 bits per heavy atom. The van der Waals surface area contributed by atoms with Gasteiger partial charge in [-0.25, -0.2) is 0 Å². The van der Waals surface area contributed by atoms with Crippen molar-refractivity contribution < 1.29 is 186 Å². The van der Waals surface area contributed by atoms with Gasteiger partial charge in [-0.15, -0.1) is 0 Å². The van der Waals surface area contributed by atoms with E-state index < -0.39 is 231 Å². The highest BCUT2D eigenvalue weighted by Crippen LogP contribution is 2.35. The van der Waals surface area contributed by atoms with Gasteiger partial charge < -0.3 is 143 Å². The number of nitrogens with zero attached hydrogens (tertiary/aromatic N) is 1. The maximum absolute atomic E-state index is 14.4. The first-order valence-electron chi connectivity index (χ1n) is 46.5. The lowest BCUT2D eigenvalue weighted by Gasteiger charge is -2.44. The van der Waals surface area contributed by atoms with Gasteiger partial charge in [0.15, 0.2) is 55.5 Å². The maximum Gasteiger partial charge on any atom is 0.303 e. The Labute approximate surface area is 801 Å². The highest BCUT2D eigenvalue weighted by molar-refractivity contribution is 5.81. The molecular formula is C89H142N10O39. The molecule has 4 aliphatic rings. The van der Waals surface area contributed by atoms with Crippen molar-refractivity contribution in [3.05, 3.63) is 0 Å². The van der Waals surface area contributed by atoms with Crippen LogP contribution in [-0.4, -0.2) is 351 Å². The Morgan fingerprint density at radius 2 is 0.558 bits per heavy atom. The van der Waals surface area contributed by atoms with Crippen molar-refractivity contribution in [3.63, 3.8) is 0 Å². The summed E-state index contributed by atoms with van der Waals surface area (Å²) >= 11 is 0. The first kappa shape index (κ1) is 119. The smallest absolute Gasteiger partial charge is 0.303 e. The van der Waals surface area contributed by atoms with E-state index in [9.17, 15) is 101 Å². The molecule has 0 aromatic heterocycles. The highest BCUT2D eigenvalue weighted by Gasteiger charge is 2.55. The molecule has 3 heterocycles. The second kappa shape index (κ2) is 65.8. The number of ether oxygens (including phenoxy) is 18. The molecule has 10 N–H and O–H groups in total. The fourth-order valence-corrected chi connectivity index (χ4v) is 15.2. The van der Waals surface area contributed by atoms with Crippen LogP contribution in [0, 0.1) is 5.92 Å². The molecule has 17 atom stereocenters. The number of carbonyl (C=O) groups excluding carboxylic acids is 19. The molecule has 49 nitrogen and oxygen atoms in total. The fraction of sp³-hybridized carbons (Fsp3) is 0.775. The minimum Gasteiger partial charge on any atom is -0.481 e. The summed E-state index contributed by atoms with van der Waals surface area (Å²) in [5, 5.41) is 33.9. The Bertz CT molecular complexity index is 3800. The molecule has 0 bridgehead atoms. The number of carboxylic acid groups (broad SMARTS) is 1. The second-order valence-electron chi connectivity index (χ2n) is 33.3. The molecule has 10 amide bonds. The number of unbranched alkanes of at least 4 members (excludes halogenated alkanes) is 5. The van der Waals surface area contributed by atoms with Crippen LogP contribution in [0.4, 0.5) is 0 Å². The van der Waals surface area contributed by atoms with E-state index >= 15 is 0 Å². The third kappa shape index (κ3) is 49.1. The molecule has 138 heavy (non-hydrogen) atoms. The van der Waals surface area contributed by atoms with E-state index in [4.69, 9.17) is 85.3 Å². The summed E-state index contributed by atoms with van der Waals surface area (Å²) < 4.78 is 104. The number of amides is 10. The minimum atomic E-state index is -1.32. The number of aliphatic carboxylic acids is 1. The molecule has 49 heteroatoms. The first-order valence-corrected chi connectivity index (χ1v) is 46.5. The van der Waals surface area contributed by atoms with Crippen LogP contribution in [-0.2, 0) is 181 Å². The number of carbonyl (C=O) groups is 20. The average Bonchev–Trinajstić information content (AvgIpc) is 0.788. The molecule has 0 aromatic carbocycles. The molecule has 4 fully saturated rings. The lowest BCUT2D eigenvalue weighted by molar-refractivity contribution is -0.277. The maximum atomic E-state index is 14.4. The zero-order valence-corrected chi connectivity index (χ0v) is 81.0. The molecule has 3 saturated heterocycles. The topological polar surface area (TPSA) is 639 Å². The quantitative estimate of drug-likeness (QED) is 0.0203. The predicted octanol–water partition coefficient (Wildman–Crippen LogP) is -0.778. The summed E-state index contributed by atoms with van der Waals surface area (Å²) in [6.07, 6.45) is -14.3. The van der Waals surface area contributed by atoms with Crippen LogP contribution < -0.4 is 47.9 Å². The largest absolute Gasteiger partial charge is 0.481 e. The lowest BCUT2D eigenvalue weighted by Crippen LogP contribution is -2.66. The number of hydrogen-bond acceptors (Lipinski definition) is 38.